The van der Waals surface area contributed by atoms with Crippen LogP contribution in [0.15, 0.2) is 31.8 Å². The highest BCUT2D eigenvalue weighted by molar-refractivity contribution is 5.06. The van der Waals surface area contributed by atoms with E-state index in [2.05, 4.69) is 15.5 Å². The smallest absolute Gasteiger partial charge is 0.139 e. The first kappa shape index (κ1) is 32.9. The van der Waals surface area contributed by atoms with Gasteiger partial charge in [-0.1, -0.05) is 15.5 Å². The number of nitrogens with zero attached hydrogens (tertiary/aromatic N) is 3. The Morgan fingerprint density at radius 2 is 1.05 bits per heavy atom. The van der Waals surface area contributed by atoms with E-state index in [1.807, 2.05) is 25.1 Å². The molecular formula is C29H45N3O9. The number of methoxy groups -OCH3 is 1. The molecule has 0 fully saturated rings. The lowest BCUT2D eigenvalue weighted by Crippen LogP contribution is -2.07. The highest BCUT2D eigenvalue weighted by Crippen LogP contribution is 2.08. The molecule has 0 radical (unpaired) electrons. The number of aryl methyl sites for hydroxylation is 2. The van der Waals surface area contributed by atoms with E-state index in [1.165, 1.54) is 0 Å². The number of ether oxygens (including phenoxy) is 6. The number of aromatic nitrogens is 3. The van der Waals surface area contributed by atoms with Crippen LogP contribution in [0.1, 0.15) is 53.6 Å². The van der Waals surface area contributed by atoms with Gasteiger partial charge in [-0.05, 0) is 32.6 Å². The molecule has 230 valence electrons. The van der Waals surface area contributed by atoms with Crippen LogP contribution in [0.25, 0.3) is 0 Å². The fourth-order valence-electron chi connectivity index (χ4n) is 3.82. The SMILES string of the molecule is COCCCOCc1cc(CCOCCOCCCc2cc(CCOCCCOCCc3cc(C)on3)on2)on1. The summed E-state index contributed by atoms with van der Waals surface area (Å²) in [5.41, 5.74) is 2.64. The third-order valence-electron chi connectivity index (χ3n) is 5.94. The molecule has 0 aromatic carbocycles. The number of hydrogen-bond acceptors (Lipinski definition) is 12. The standard InChI is InChI=1S/C29H45N3O9/c1-24-20-26(30-39-24)7-15-34-12-5-13-35-16-8-28-21-25(31-40-28)6-3-11-36-18-19-37-17-9-29-22-27(32-41-29)23-38-14-4-10-33-2/h20-22H,3-19,23H2,1-2H3. The second-order valence-electron chi connectivity index (χ2n) is 9.55. The van der Waals surface area contributed by atoms with Crippen LogP contribution < -0.4 is 0 Å². The van der Waals surface area contributed by atoms with Crippen molar-refractivity contribution in [3.63, 3.8) is 0 Å². The van der Waals surface area contributed by atoms with Crippen molar-refractivity contribution < 1.29 is 42.0 Å². The van der Waals surface area contributed by atoms with Gasteiger partial charge in [0, 0.05) is 77.6 Å². The molecular weight excluding hydrogens is 534 g/mol. The van der Waals surface area contributed by atoms with E-state index in [0.29, 0.717) is 85.5 Å². The van der Waals surface area contributed by atoms with E-state index in [0.717, 1.165) is 66.5 Å². The minimum Gasteiger partial charge on any atom is -0.385 e. The Kier molecular flexibility index (Phi) is 17.0. The average Bonchev–Trinajstić information content (AvgIpc) is 3.73. The zero-order valence-electron chi connectivity index (χ0n) is 24.5. The molecule has 0 unspecified atom stereocenters. The van der Waals surface area contributed by atoms with Crippen LogP contribution in [0.3, 0.4) is 0 Å². The van der Waals surface area contributed by atoms with Crippen LogP contribution in [-0.4, -0.2) is 88.6 Å². The van der Waals surface area contributed by atoms with Crippen molar-refractivity contribution in [2.45, 2.75) is 58.5 Å². The summed E-state index contributed by atoms with van der Waals surface area (Å²) < 4.78 is 48.9. The van der Waals surface area contributed by atoms with E-state index in [1.54, 1.807) is 7.11 Å². The topological polar surface area (TPSA) is 133 Å². The molecule has 0 amide bonds. The van der Waals surface area contributed by atoms with Crippen molar-refractivity contribution >= 4 is 0 Å². The third-order valence-corrected chi connectivity index (χ3v) is 5.94. The fourth-order valence-corrected chi connectivity index (χ4v) is 3.82. The lowest BCUT2D eigenvalue weighted by atomic mass is 10.2. The molecule has 0 saturated carbocycles. The Morgan fingerprint density at radius 1 is 0.512 bits per heavy atom. The normalized spacial score (nSPS) is 11.6. The minimum atomic E-state index is 0.440. The predicted octanol–water partition coefficient (Wildman–Crippen LogP) is 3.93. The molecule has 0 atom stereocenters. The molecule has 0 spiro atoms. The summed E-state index contributed by atoms with van der Waals surface area (Å²) in [6.07, 6.45) is 5.50. The van der Waals surface area contributed by atoms with Gasteiger partial charge in [-0.15, -0.1) is 0 Å². The van der Waals surface area contributed by atoms with Crippen LogP contribution >= 0.6 is 0 Å². The third kappa shape index (κ3) is 15.3. The van der Waals surface area contributed by atoms with Crippen LogP contribution in [0.5, 0.6) is 0 Å². The Morgan fingerprint density at radius 3 is 1.76 bits per heavy atom. The van der Waals surface area contributed by atoms with E-state index < -0.39 is 0 Å². The largest absolute Gasteiger partial charge is 0.385 e. The van der Waals surface area contributed by atoms with Crippen molar-refractivity contribution in [2.24, 2.45) is 0 Å². The summed E-state index contributed by atoms with van der Waals surface area (Å²) in [6.45, 7) is 8.46. The first-order chi connectivity index (χ1) is 20.2. The van der Waals surface area contributed by atoms with Gasteiger partial charge in [0.15, 0.2) is 0 Å². The van der Waals surface area contributed by atoms with E-state index in [4.69, 9.17) is 42.0 Å². The predicted molar refractivity (Wildman–Crippen MR) is 148 cm³/mol. The zero-order valence-corrected chi connectivity index (χ0v) is 24.5. The van der Waals surface area contributed by atoms with Gasteiger partial charge in [0.05, 0.1) is 51.0 Å². The molecule has 41 heavy (non-hydrogen) atoms. The van der Waals surface area contributed by atoms with E-state index in [9.17, 15) is 0 Å². The van der Waals surface area contributed by atoms with E-state index in [-0.39, 0.29) is 0 Å². The summed E-state index contributed by atoms with van der Waals surface area (Å²) in [5.74, 6) is 2.44. The van der Waals surface area contributed by atoms with Crippen molar-refractivity contribution in [1.82, 2.24) is 15.5 Å². The molecule has 0 saturated heterocycles. The Bertz CT molecular complexity index is 1040. The van der Waals surface area contributed by atoms with Gasteiger partial charge in [0.25, 0.3) is 0 Å². The summed E-state index contributed by atoms with van der Waals surface area (Å²) in [6, 6.07) is 5.82. The van der Waals surface area contributed by atoms with Gasteiger partial charge in [-0.25, -0.2) is 0 Å². The maximum absolute atomic E-state index is 5.68. The summed E-state index contributed by atoms with van der Waals surface area (Å²) in [4.78, 5) is 0. The quantitative estimate of drug-likeness (QED) is 0.128. The first-order valence-corrected chi connectivity index (χ1v) is 14.4. The molecule has 0 aliphatic carbocycles. The van der Waals surface area contributed by atoms with Gasteiger partial charge in [-0.3, -0.25) is 0 Å². The monoisotopic (exact) mass is 579 g/mol. The average molecular weight is 580 g/mol. The second-order valence-corrected chi connectivity index (χ2v) is 9.55. The molecule has 0 bridgehead atoms. The second kappa shape index (κ2) is 21.1. The molecule has 3 aromatic heterocycles. The molecule has 3 rings (SSSR count). The lowest BCUT2D eigenvalue weighted by molar-refractivity contribution is 0.0465. The van der Waals surface area contributed by atoms with Crippen molar-refractivity contribution in [1.29, 1.82) is 0 Å². The van der Waals surface area contributed by atoms with Crippen molar-refractivity contribution in [2.75, 3.05) is 73.2 Å². The molecule has 0 aliphatic heterocycles. The summed E-state index contributed by atoms with van der Waals surface area (Å²) >= 11 is 0. The molecule has 0 N–H and O–H groups in total. The number of rotatable bonds is 26. The highest BCUT2D eigenvalue weighted by atomic mass is 16.5. The maximum Gasteiger partial charge on any atom is 0.139 e. The lowest BCUT2D eigenvalue weighted by Gasteiger charge is -2.04. The molecule has 3 heterocycles. The van der Waals surface area contributed by atoms with Gasteiger partial charge in [0.2, 0.25) is 0 Å². The van der Waals surface area contributed by atoms with Gasteiger partial charge in [0.1, 0.15) is 23.0 Å². The van der Waals surface area contributed by atoms with Crippen LogP contribution in [0, 0.1) is 6.92 Å². The number of hydrogen-bond donors (Lipinski definition) is 0. The van der Waals surface area contributed by atoms with Gasteiger partial charge >= 0.3 is 0 Å². The van der Waals surface area contributed by atoms with Gasteiger partial charge < -0.3 is 42.0 Å². The summed E-state index contributed by atoms with van der Waals surface area (Å²) in [5, 5.41) is 12.1. The van der Waals surface area contributed by atoms with Crippen LogP contribution in [0.2, 0.25) is 0 Å². The molecule has 0 aliphatic rings. The Hall–Kier alpha value is -2.61. The first-order valence-electron chi connectivity index (χ1n) is 14.4. The molecule has 12 heteroatoms. The Labute approximate surface area is 241 Å². The van der Waals surface area contributed by atoms with Crippen LogP contribution in [0.4, 0.5) is 0 Å². The molecule has 3 aromatic rings. The Balaban J connectivity index is 1.07. The fraction of sp³-hybridized carbons (Fsp3) is 0.690. The van der Waals surface area contributed by atoms with Crippen molar-refractivity contribution in [3.8, 4) is 0 Å². The van der Waals surface area contributed by atoms with Crippen molar-refractivity contribution in [3.05, 3.63) is 52.6 Å². The molecule has 12 nitrogen and oxygen atoms in total. The van der Waals surface area contributed by atoms with E-state index >= 15 is 0 Å². The zero-order chi connectivity index (χ0) is 28.8. The maximum atomic E-state index is 5.68. The summed E-state index contributed by atoms with van der Waals surface area (Å²) in [7, 11) is 1.68. The highest BCUT2D eigenvalue weighted by Gasteiger charge is 2.06. The van der Waals surface area contributed by atoms with Crippen LogP contribution in [-0.2, 0) is 60.7 Å². The van der Waals surface area contributed by atoms with Gasteiger partial charge in [-0.2, -0.15) is 0 Å². The minimum absolute atomic E-state index is 0.440.